The van der Waals surface area contributed by atoms with Gasteiger partial charge in [0, 0.05) is 43.3 Å². The largest absolute Gasteiger partial charge is 0.496 e. The second kappa shape index (κ2) is 7.32. The summed E-state index contributed by atoms with van der Waals surface area (Å²) in [4.78, 5) is 17.9. The van der Waals surface area contributed by atoms with Crippen LogP contribution in [-0.2, 0) is 6.54 Å². The molecule has 0 aromatic carbocycles. The van der Waals surface area contributed by atoms with Crippen molar-refractivity contribution in [3.8, 4) is 5.75 Å². The molecular weight excluding hydrogens is 316 g/mol. The molecule has 1 aromatic heterocycles. The number of nitrogens with zero attached hydrogens (tertiary/aromatic N) is 2. The van der Waals surface area contributed by atoms with Crippen LogP contribution in [0.25, 0.3) is 0 Å². The summed E-state index contributed by atoms with van der Waals surface area (Å²) in [7, 11) is 3.22. The van der Waals surface area contributed by atoms with Crippen LogP contribution in [0, 0.1) is 19.8 Å². The van der Waals surface area contributed by atoms with Crippen LogP contribution >= 0.6 is 0 Å². The van der Waals surface area contributed by atoms with Crippen molar-refractivity contribution in [3.05, 3.63) is 23.0 Å². The average molecular weight is 341 g/mol. The quantitative estimate of drug-likeness (QED) is 0.894. The number of pyridine rings is 1. The maximum atomic E-state index is 13.6. The highest BCUT2D eigenvalue weighted by Gasteiger charge is 2.43. The molecule has 1 aliphatic carbocycles. The highest BCUT2D eigenvalue weighted by Crippen LogP contribution is 2.39. The molecule has 0 saturated heterocycles. The number of hydrogen-bond acceptors (Lipinski definition) is 3. The predicted octanol–water partition coefficient (Wildman–Crippen LogP) is 3.28. The molecule has 0 bridgehead atoms. The summed E-state index contributed by atoms with van der Waals surface area (Å²) in [6.45, 7) is 4.08. The fraction of sp³-hybridized carbons (Fsp3) is 0.647. The van der Waals surface area contributed by atoms with Gasteiger partial charge in [-0.25, -0.2) is 13.6 Å². The maximum Gasteiger partial charge on any atom is 0.317 e. The lowest BCUT2D eigenvalue weighted by atomic mass is 10.1. The Morgan fingerprint density at radius 1 is 1.50 bits per heavy atom. The minimum Gasteiger partial charge on any atom is -0.496 e. The van der Waals surface area contributed by atoms with Crippen LogP contribution in [-0.4, -0.2) is 42.5 Å². The van der Waals surface area contributed by atoms with Crippen LogP contribution in [0.5, 0.6) is 5.75 Å². The van der Waals surface area contributed by atoms with Crippen molar-refractivity contribution in [2.75, 3.05) is 20.7 Å². The number of amides is 2. The lowest BCUT2D eigenvalue weighted by Gasteiger charge is -2.23. The standard InChI is InChI=1S/C17H25F2N3O2/c1-11-8-20-14(12(2)15(11)24-4)10-22(3)16(23)21-9-13-6-5-7-17(13,18)19/h8,13H,5-7,9-10H2,1-4H3,(H,21,23). The first-order valence-corrected chi connectivity index (χ1v) is 8.12. The van der Waals surface area contributed by atoms with Gasteiger partial charge < -0.3 is 15.0 Å². The Morgan fingerprint density at radius 3 is 2.79 bits per heavy atom. The molecule has 1 heterocycles. The number of alkyl halides is 2. The van der Waals surface area contributed by atoms with Crippen molar-refractivity contribution < 1.29 is 18.3 Å². The molecule has 1 unspecified atom stereocenters. The van der Waals surface area contributed by atoms with Crippen LogP contribution < -0.4 is 10.1 Å². The van der Waals surface area contributed by atoms with E-state index in [0.29, 0.717) is 12.8 Å². The van der Waals surface area contributed by atoms with E-state index in [1.54, 1.807) is 20.4 Å². The van der Waals surface area contributed by atoms with Crippen LogP contribution in [0.15, 0.2) is 6.20 Å². The number of carbonyl (C=O) groups excluding carboxylic acids is 1. The third kappa shape index (κ3) is 3.94. The fourth-order valence-electron chi connectivity index (χ4n) is 3.12. The molecule has 1 atom stereocenters. The highest BCUT2D eigenvalue weighted by atomic mass is 19.3. The zero-order valence-electron chi connectivity index (χ0n) is 14.7. The summed E-state index contributed by atoms with van der Waals surface area (Å²) in [5.74, 6) is -2.69. The molecule has 0 radical (unpaired) electrons. The molecule has 2 rings (SSSR count). The van der Waals surface area contributed by atoms with E-state index in [0.717, 1.165) is 22.6 Å². The fourth-order valence-corrected chi connectivity index (χ4v) is 3.12. The Morgan fingerprint density at radius 2 is 2.21 bits per heavy atom. The summed E-state index contributed by atoms with van der Waals surface area (Å²) in [6, 6.07) is -0.376. The molecule has 7 heteroatoms. The van der Waals surface area contributed by atoms with Crippen molar-refractivity contribution >= 4 is 6.03 Å². The van der Waals surface area contributed by atoms with Gasteiger partial charge in [-0.2, -0.15) is 0 Å². The number of aryl methyl sites for hydroxylation is 1. The minimum absolute atomic E-state index is 0.000195. The van der Waals surface area contributed by atoms with Crippen molar-refractivity contribution in [2.24, 2.45) is 5.92 Å². The van der Waals surface area contributed by atoms with Crippen molar-refractivity contribution in [1.29, 1.82) is 0 Å². The molecular formula is C17H25F2N3O2. The third-order valence-electron chi connectivity index (χ3n) is 4.64. The predicted molar refractivity (Wildman–Crippen MR) is 87.4 cm³/mol. The van der Waals surface area contributed by atoms with Crippen molar-refractivity contribution in [1.82, 2.24) is 15.2 Å². The number of nitrogens with one attached hydrogen (secondary N) is 1. The van der Waals surface area contributed by atoms with E-state index in [-0.39, 0.29) is 25.5 Å². The first-order chi connectivity index (χ1) is 11.3. The van der Waals surface area contributed by atoms with Gasteiger partial charge in [0.1, 0.15) is 5.75 Å². The number of ether oxygens (including phenoxy) is 1. The highest BCUT2D eigenvalue weighted by molar-refractivity contribution is 5.73. The summed E-state index contributed by atoms with van der Waals surface area (Å²) in [5, 5.41) is 2.61. The second-order valence-corrected chi connectivity index (χ2v) is 6.44. The van der Waals surface area contributed by atoms with E-state index in [1.807, 2.05) is 13.8 Å². The van der Waals surface area contributed by atoms with Gasteiger partial charge in [-0.3, -0.25) is 4.98 Å². The van der Waals surface area contributed by atoms with Gasteiger partial charge in [0.2, 0.25) is 0 Å². The number of methoxy groups -OCH3 is 1. The summed E-state index contributed by atoms with van der Waals surface area (Å²) < 4.78 is 32.5. The van der Waals surface area contributed by atoms with Gasteiger partial charge in [0.05, 0.1) is 19.3 Å². The monoisotopic (exact) mass is 341 g/mol. The second-order valence-electron chi connectivity index (χ2n) is 6.44. The van der Waals surface area contributed by atoms with Gasteiger partial charge >= 0.3 is 6.03 Å². The van der Waals surface area contributed by atoms with Crippen LogP contribution in [0.2, 0.25) is 0 Å². The van der Waals surface area contributed by atoms with E-state index >= 15 is 0 Å². The molecule has 0 spiro atoms. The zero-order valence-corrected chi connectivity index (χ0v) is 14.7. The van der Waals surface area contributed by atoms with Crippen LogP contribution in [0.3, 0.4) is 0 Å². The Kier molecular flexibility index (Phi) is 5.62. The Balaban J connectivity index is 1.95. The molecule has 5 nitrogen and oxygen atoms in total. The Labute approximate surface area is 141 Å². The van der Waals surface area contributed by atoms with Crippen LogP contribution in [0.1, 0.15) is 36.1 Å². The Bertz CT molecular complexity index is 608. The number of rotatable bonds is 5. The lowest BCUT2D eigenvalue weighted by molar-refractivity contribution is -0.0351. The van der Waals surface area contributed by atoms with E-state index < -0.39 is 11.8 Å². The Hall–Kier alpha value is -1.92. The van der Waals surface area contributed by atoms with E-state index in [9.17, 15) is 13.6 Å². The number of carbonyl (C=O) groups is 1. The van der Waals surface area contributed by atoms with Gasteiger partial charge in [-0.15, -0.1) is 0 Å². The molecule has 0 aliphatic heterocycles. The topological polar surface area (TPSA) is 54.5 Å². The number of hydrogen-bond donors (Lipinski definition) is 1. The molecule has 1 aliphatic rings. The molecule has 134 valence electrons. The van der Waals surface area contributed by atoms with Crippen LogP contribution in [0.4, 0.5) is 13.6 Å². The molecule has 1 fully saturated rings. The minimum atomic E-state index is -2.67. The van der Waals surface area contributed by atoms with E-state index in [2.05, 4.69) is 10.3 Å². The molecule has 1 N–H and O–H groups in total. The van der Waals surface area contributed by atoms with Gasteiger partial charge in [0.25, 0.3) is 5.92 Å². The number of urea groups is 1. The first kappa shape index (κ1) is 18.4. The first-order valence-electron chi connectivity index (χ1n) is 8.12. The third-order valence-corrected chi connectivity index (χ3v) is 4.64. The summed E-state index contributed by atoms with van der Waals surface area (Å²) >= 11 is 0. The van der Waals surface area contributed by atoms with Crippen molar-refractivity contribution in [3.63, 3.8) is 0 Å². The van der Waals surface area contributed by atoms with Gasteiger partial charge in [-0.05, 0) is 26.7 Å². The summed E-state index contributed by atoms with van der Waals surface area (Å²) in [6.07, 6.45) is 2.57. The van der Waals surface area contributed by atoms with Gasteiger partial charge in [0.15, 0.2) is 0 Å². The average Bonchev–Trinajstić information content (AvgIpc) is 2.86. The van der Waals surface area contributed by atoms with Gasteiger partial charge in [-0.1, -0.05) is 0 Å². The lowest BCUT2D eigenvalue weighted by Crippen LogP contribution is -2.42. The van der Waals surface area contributed by atoms with Crippen molar-refractivity contribution in [2.45, 2.75) is 45.6 Å². The van der Waals surface area contributed by atoms with E-state index in [1.165, 1.54) is 4.90 Å². The number of halogens is 2. The molecule has 1 aromatic rings. The summed E-state index contributed by atoms with van der Waals surface area (Å²) in [5.41, 5.74) is 2.52. The molecule has 2 amide bonds. The molecule has 1 saturated carbocycles. The maximum absolute atomic E-state index is 13.6. The zero-order chi connectivity index (χ0) is 17.9. The molecule has 24 heavy (non-hydrogen) atoms. The number of aromatic nitrogens is 1. The normalized spacial score (nSPS) is 19.2. The SMILES string of the molecule is COc1c(C)cnc(CN(C)C(=O)NCC2CCCC2(F)F)c1C. The van der Waals surface area contributed by atoms with E-state index in [4.69, 9.17) is 4.74 Å². The smallest absolute Gasteiger partial charge is 0.317 e.